The van der Waals surface area contributed by atoms with Crippen molar-refractivity contribution in [2.45, 2.75) is 0 Å². The monoisotopic (exact) mass is 582 g/mol. The highest BCUT2D eigenvalue weighted by atomic mass is 15.1. The van der Waals surface area contributed by atoms with E-state index in [4.69, 9.17) is 9.60 Å². The molecule has 0 bridgehead atoms. The molecule has 0 saturated carbocycles. The molecule has 0 radical (unpaired) electrons. The van der Waals surface area contributed by atoms with Crippen molar-refractivity contribution in [2.75, 3.05) is 4.90 Å². The molecule has 0 atom stereocenters. The SMILES string of the molecule is [2H]c1c([2H])c([2H])c(-c2c([2H])c([2H])c(N(c3ccc(-c4c(-c5ccccc5)ccc5ccccc45)cc3)c3ccc4ccccc4c3)c([2H])c2[2H])c([2H])c1[2H]. The zero-order chi connectivity index (χ0) is 37.8. The van der Waals surface area contributed by atoms with Crippen LogP contribution in [0.5, 0.6) is 0 Å². The van der Waals surface area contributed by atoms with E-state index >= 15 is 0 Å². The Morgan fingerprint density at radius 2 is 1.00 bits per heavy atom. The highest BCUT2D eigenvalue weighted by Gasteiger charge is 2.16. The maximum absolute atomic E-state index is 9.31. The van der Waals surface area contributed by atoms with Crippen LogP contribution in [0.15, 0.2) is 188 Å². The van der Waals surface area contributed by atoms with Crippen molar-refractivity contribution in [1.82, 2.24) is 0 Å². The molecule has 1 nitrogen and oxygen atoms in total. The van der Waals surface area contributed by atoms with E-state index in [1.807, 2.05) is 97.1 Å². The number of hydrogen-bond donors (Lipinski definition) is 0. The lowest BCUT2D eigenvalue weighted by Crippen LogP contribution is -2.09. The summed E-state index contributed by atoms with van der Waals surface area (Å²) >= 11 is 0. The summed E-state index contributed by atoms with van der Waals surface area (Å²) in [5, 5.41) is 4.07. The van der Waals surface area contributed by atoms with E-state index in [1.54, 1.807) is 4.90 Å². The van der Waals surface area contributed by atoms with Gasteiger partial charge in [0.1, 0.15) is 0 Å². The smallest absolute Gasteiger partial charge is 0.0645 e. The van der Waals surface area contributed by atoms with Crippen molar-refractivity contribution in [3.8, 4) is 33.4 Å². The number of rotatable bonds is 6. The van der Waals surface area contributed by atoms with Crippen LogP contribution < -0.4 is 4.90 Å². The third kappa shape index (κ3) is 5.15. The molecular weight excluding hydrogens is 542 g/mol. The van der Waals surface area contributed by atoms with Crippen molar-refractivity contribution in [2.24, 2.45) is 0 Å². The number of fused-ring (bicyclic) bond motifs is 2. The molecule has 45 heavy (non-hydrogen) atoms. The van der Waals surface area contributed by atoms with E-state index in [-0.39, 0.29) is 16.8 Å². The molecule has 8 aromatic carbocycles. The quantitative estimate of drug-likeness (QED) is 0.188. The first-order chi connectivity index (χ1) is 26.1. The topological polar surface area (TPSA) is 3.24 Å². The van der Waals surface area contributed by atoms with E-state index in [0.717, 1.165) is 43.8 Å². The predicted molar refractivity (Wildman–Crippen MR) is 192 cm³/mol. The summed E-state index contributed by atoms with van der Waals surface area (Å²) in [6, 6.07) is 39.1. The van der Waals surface area contributed by atoms with Gasteiger partial charge in [0.2, 0.25) is 0 Å². The Hall–Kier alpha value is -5.92. The Kier molecular flexibility index (Phi) is 4.83. The summed E-state index contributed by atoms with van der Waals surface area (Å²) in [6.07, 6.45) is 0. The molecule has 0 aliphatic carbocycles. The average molecular weight is 583 g/mol. The molecule has 8 rings (SSSR count). The first kappa shape index (κ1) is 18.7. The minimum Gasteiger partial charge on any atom is -0.310 e. The predicted octanol–water partition coefficient (Wildman–Crippen LogP) is 12.5. The van der Waals surface area contributed by atoms with Crippen LogP contribution in [-0.4, -0.2) is 0 Å². The van der Waals surface area contributed by atoms with Crippen LogP contribution in [0.3, 0.4) is 0 Å². The molecule has 0 aromatic heterocycles. The van der Waals surface area contributed by atoms with E-state index in [9.17, 15) is 2.74 Å². The first-order valence-corrected chi connectivity index (χ1v) is 14.7. The minimum atomic E-state index is -0.619. The normalized spacial score (nSPS) is 13.9. The summed E-state index contributed by atoms with van der Waals surface area (Å²) in [4.78, 5) is 1.68. The number of anilines is 3. The third-order valence-corrected chi connectivity index (χ3v) is 8.00. The summed E-state index contributed by atoms with van der Waals surface area (Å²) in [5.74, 6) is 0. The summed E-state index contributed by atoms with van der Waals surface area (Å²) in [5.41, 5.74) is 4.53. The van der Waals surface area contributed by atoms with Gasteiger partial charge in [-0.3, -0.25) is 0 Å². The lowest BCUT2D eigenvalue weighted by atomic mass is 9.89. The largest absolute Gasteiger partial charge is 0.310 e. The van der Waals surface area contributed by atoms with Crippen molar-refractivity contribution in [3.63, 3.8) is 0 Å². The molecule has 0 aliphatic heterocycles. The lowest BCUT2D eigenvalue weighted by molar-refractivity contribution is 1.29. The van der Waals surface area contributed by atoms with Crippen LogP contribution in [0.2, 0.25) is 0 Å². The van der Waals surface area contributed by atoms with Gasteiger partial charge < -0.3 is 4.90 Å². The number of benzene rings is 8. The molecule has 0 fully saturated rings. The van der Waals surface area contributed by atoms with Gasteiger partial charge in [-0.1, -0.05) is 151 Å². The van der Waals surface area contributed by atoms with Gasteiger partial charge in [0.25, 0.3) is 0 Å². The maximum Gasteiger partial charge on any atom is 0.0645 e. The molecule has 0 aliphatic rings. The fourth-order valence-corrected chi connectivity index (χ4v) is 5.86. The van der Waals surface area contributed by atoms with Gasteiger partial charge in [-0.15, -0.1) is 0 Å². The molecule has 212 valence electrons. The second-order valence-corrected chi connectivity index (χ2v) is 10.7. The van der Waals surface area contributed by atoms with Gasteiger partial charge in [0.05, 0.1) is 12.3 Å². The molecule has 8 aromatic rings. The maximum atomic E-state index is 9.31. The second-order valence-electron chi connectivity index (χ2n) is 10.7. The van der Waals surface area contributed by atoms with Crippen molar-refractivity contribution >= 4 is 38.6 Å². The Morgan fingerprint density at radius 3 is 1.78 bits per heavy atom. The average Bonchev–Trinajstić information content (AvgIpc) is 3.21. The molecule has 0 saturated heterocycles. The summed E-state index contributed by atoms with van der Waals surface area (Å²) in [7, 11) is 0. The number of hydrogen-bond acceptors (Lipinski definition) is 1. The van der Waals surface area contributed by atoms with Gasteiger partial charge in [-0.05, 0) is 91.3 Å². The summed E-state index contributed by atoms with van der Waals surface area (Å²) < 4.78 is 78.3. The summed E-state index contributed by atoms with van der Waals surface area (Å²) in [6.45, 7) is 0. The highest BCUT2D eigenvalue weighted by molar-refractivity contribution is 6.04. The fraction of sp³-hybridized carbons (Fsp3) is 0. The standard InChI is InChI=1S/C44H31N/c1-3-11-32(12-4-1)34-19-25-39(26-20-34)45(41-29-21-33-13-7-8-17-38(33)31-41)40-27-22-37(23-28-40)44-42-18-10-9-16-36(42)24-30-43(44)35-14-5-2-6-15-35/h1-31H/i1D,3D,4D,11D,12D,19D,20D,25D,26D. The van der Waals surface area contributed by atoms with Crippen molar-refractivity contribution in [1.29, 1.82) is 0 Å². The molecule has 0 N–H and O–H groups in total. The second kappa shape index (κ2) is 11.6. The number of nitrogens with zero attached hydrogens (tertiary/aromatic N) is 1. The van der Waals surface area contributed by atoms with E-state index in [0.29, 0.717) is 11.4 Å². The zero-order valence-corrected chi connectivity index (χ0v) is 24.1. The van der Waals surface area contributed by atoms with Crippen LogP contribution in [0, 0.1) is 0 Å². The van der Waals surface area contributed by atoms with Crippen LogP contribution in [0.4, 0.5) is 17.1 Å². The van der Waals surface area contributed by atoms with Crippen molar-refractivity contribution < 1.29 is 12.3 Å². The minimum absolute atomic E-state index is 0.0423. The van der Waals surface area contributed by atoms with Crippen LogP contribution in [0.1, 0.15) is 12.3 Å². The van der Waals surface area contributed by atoms with E-state index in [2.05, 4.69) is 36.4 Å². The van der Waals surface area contributed by atoms with Crippen LogP contribution in [0.25, 0.3) is 54.9 Å². The molecule has 0 spiro atoms. The highest BCUT2D eigenvalue weighted by Crippen LogP contribution is 2.41. The van der Waals surface area contributed by atoms with Crippen LogP contribution in [-0.2, 0) is 0 Å². The lowest BCUT2D eigenvalue weighted by Gasteiger charge is -2.26. The van der Waals surface area contributed by atoms with Crippen LogP contribution >= 0.6 is 0 Å². The fourth-order valence-electron chi connectivity index (χ4n) is 5.86. The third-order valence-electron chi connectivity index (χ3n) is 8.00. The first-order valence-electron chi connectivity index (χ1n) is 19.2. The van der Waals surface area contributed by atoms with Gasteiger partial charge in [0.15, 0.2) is 0 Å². The van der Waals surface area contributed by atoms with Crippen molar-refractivity contribution in [3.05, 3.63) is 188 Å². The molecule has 1 heteroatoms. The molecule has 0 heterocycles. The van der Waals surface area contributed by atoms with E-state index in [1.165, 1.54) is 0 Å². The zero-order valence-electron chi connectivity index (χ0n) is 33.1. The Bertz CT molecular complexity index is 2710. The Balaban J connectivity index is 1.35. The van der Waals surface area contributed by atoms with Gasteiger partial charge >= 0.3 is 0 Å². The Morgan fingerprint density at radius 1 is 0.378 bits per heavy atom. The molecule has 0 amide bonds. The van der Waals surface area contributed by atoms with E-state index < -0.39 is 54.4 Å². The van der Waals surface area contributed by atoms with Gasteiger partial charge in [0, 0.05) is 17.1 Å². The van der Waals surface area contributed by atoms with Gasteiger partial charge in [-0.25, -0.2) is 0 Å². The molecule has 0 unspecified atom stereocenters. The Labute approximate surface area is 276 Å². The van der Waals surface area contributed by atoms with Gasteiger partial charge in [-0.2, -0.15) is 0 Å². The molecular formula is C44H31N.